The molecule has 0 aliphatic carbocycles. The molecular weight excluding hydrogens is 296 g/mol. The van der Waals surface area contributed by atoms with Crippen molar-refractivity contribution < 1.29 is 19.2 Å². The molecule has 3 rings (SSSR count). The van der Waals surface area contributed by atoms with Crippen molar-refractivity contribution in [2.24, 2.45) is 0 Å². The topological polar surface area (TPSA) is 75.8 Å². The Kier molecular flexibility index (Phi) is 4.73. The van der Waals surface area contributed by atoms with Crippen molar-refractivity contribution in [2.45, 2.75) is 25.5 Å². The van der Waals surface area contributed by atoms with Gasteiger partial charge in [-0.25, -0.2) is 0 Å². The minimum Gasteiger partial charge on any atom is -0.394 e. The Morgan fingerprint density at radius 3 is 2.91 bits per heavy atom. The van der Waals surface area contributed by atoms with E-state index >= 15 is 0 Å². The van der Waals surface area contributed by atoms with E-state index < -0.39 is 0 Å². The first-order chi connectivity index (χ1) is 11.2. The average Bonchev–Trinajstić information content (AvgIpc) is 3.04. The monoisotopic (exact) mass is 316 g/mol. The summed E-state index contributed by atoms with van der Waals surface area (Å²) < 4.78 is 10.8. The molecule has 1 fully saturated rings. The van der Waals surface area contributed by atoms with Crippen LogP contribution >= 0.6 is 0 Å². The fraction of sp³-hybridized carbons (Fsp3) is 0.412. The van der Waals surface area contributed by atoms with Gasteiger partial charge in [-0.1, -0.05) is 35.5 Å². The number of morpholine rings is 1. The molecule has 23 heavy (non-hydrogen) atoms. The number of aromatic nitrogens is 1. The number of nitrogens with zero attached hydrogens (tertiary/aromatic N) is 2. The first-order valence-corrected chi connectivity index (χ1v) is 7.70. The molecule has 122 valence electrons. The zero-order valence-corrected chi connectivity index (χ0v) is 13.0. The smallest absolute Gasteiger partial charge is 0.229 e. The Morgan fingerprint density at radius 1 is 1.39 bits per heavy atom. The number of benzene rings is 1. The van der Waals surface area contributed by atoms with Gasteiger partial charge in [-0.15, -0.1) is 0 Å². The third kappa shape index (κ3) is 3.60. The van der Waals surface area contributed by atoms with E-state index in [0.29, 0.717) is 24.6 Å². The number of amides is 1. The van der Waals surface area contributed by atoms with Crippen molar-refractivity contribution in [3.05, 3.63) is 42.1 Å². The third-order valence-electron chi connectivity index (χ3n) is 3.98. The van der Waals surface area contributed by atoms with E-state index in [9.17, 15) is 9.90 Å². The van der Waals surface area contributed by atoms with Gasteiger partial charge in [0.15, 0.2) is 5.76 Å². The summed E-state index contributed by atoms with van der Waals surface area (Å²) >= 11 is 0. The van der Waals surface area contributed by atoms with Gasteiger partial charge < -0.3 is 19.3 Å². The summed E-state index contributed by atoms with van der Waals surface area (Å²) in [6.45, 7) is 2.69. The highest BCUT2D eigenvalue weighted by molar-refractivity contribution is 5.79. The van der Waals surface area contributed by atoms with E-state index in [1.54, 1.807) is 11.0 Å². The Morgan fingerprint density at radius 2 is 2.17 bits per heavy atom. The van der Waals surface area contributed by atoms with Crippen LogP contribution in [0.25, 0.3) is 11.3 Å². The van der Waals surface area contributed by atoms with Gasteiger partial charge in [0.05, 0.1) is 37.5 Å². The molecule has 2 aromatic rings. The summed E-state index contributed by atoms with van der Waals surface area (Å²) in [5.41, 5.74) is 1.53. The molecule has 1 aliphatic heterocycles. The highest BCUT2D eigenvalue weighted by atomic mass is 16.5. The summed E-state index contributed by atoms with van der Waals surface area (Å²) in [4.78, 5) is 14.2. The molecular formula is C17H20N2O4. The number of hydrogen-bond acceptors (Lipinski definition) is 5. The van der Waals surface area contributed by atoms with Crippen molar-refractivity contribution in [3.63, 3.8) is 0 Å². The molecule has 0 radical (unpaired) electrons. The zero-order valence-electron chi connectivity index (χ0n) is 13.0. The van der Waals surface area contributed by atoms with Crippen molar-refractivity contribution in [1.82, 2.24) is 10.1 Å². The van der Waals surface area contributed by atoms with Crippen LogP contribution in [0.4, 0.5) is 0 Å². The maximum atomic E-state index is 12.5. The number of aliphatic hydroxyl groups is 1. The first-order valence-electron chi connectivity index (χ1n) is 7.70. The van der Waals surface area contributed by atoms with E-state index in [0.717, 1.165) is 5.56 Å². The van der Waals surface area contributed by atoms with Gasteiger partial charge in [0.1, 0.15) is 0 Å². The van der Waals surface area contributed by atoms with Crippen LogP contribution in [0.15, 0.2) is 40.9 Å². The fourth-order valence-corrected chi connectivity index (χ4v) is 2.67. The van der Waals surface area contributed by atoms with Gasteiger partial charge in [0, 0.05) is 18.2 Å². The standard InChI is InChI=1S/C17H20N2O4/c1-12-11-22-15(10-20)9-19(12)17(21)8-14-7-16(23-18-14)13-5-3-2-4-6-13/h2-7,12,15,20H,8-11H2,1H3. The molecule has 1 aliphatic rings. The zero-order chi connectivity index (χ0) is 16.2. The molecule has 2 atom stereocenters. The average molecular weight is 316 g/mol. The Bertz CT molecular complexity index is 656. The maximum absolute atomic E-state index is 12.5. The second-order valence-corrected chi connectivity index (χ2v) is 5.76. The lowest BCUT2D eigenvalue weighted by Crippen LogP contribution is -2.52. The fourth-order valence-electron chi connectivity index (χ4n) is 2.67. The lowest BCUT2D eigenvalue weighted by Gasteiger charge is -2.37. The summed E-state index contributed by atoms with van der Waals surface area (Å²) in [5.74, 6) is 0.615. The number of ether oxygens (including phenoxy) is 1. The lowest BCUT2D eigenvalue weighted by molar-refractivity contribution is -0.145. The minimum absolute atomic E-state index is 0.00852. The number of rotatable bonds is 4. The van der Waals surface area contributed by atoms with E-state index in [4.69, 9.17) is 9.26 Å². The predicted molar refractivity (Wildman–Crippen MR) is 83.6 cm³/mol. The van der Waals surface area contributed by atoms with E-state index in [1.807, 2.05) is 37.3 Å². The molecule has 0 bridgehead atoms. The lowest BCUT2D eigenvalue weighted by atomic mass is 10.1. The molecule has 2 heterocycles. The first kappa shape index (κ1) is 15.7. The Labute approximate surface area is 134 Å². The largest absolute Gasteiger partial charge is 0.394 e. The third-order valence-corrected chi connectivity index (χ3v) is 3.98. The molecule has 0 spiro atoms. The normalized spacial score (nSPS) is 21.4. The van der Waals surface area contributed by atoms with Crippen LogP contribution in [0.1, 0.15) is 12.6 Å². The number of carbonyl (C=O) groups excluding carboxylic acids is 1. The Balaban J connectivity index is 1.67. The predicted octanol–water partition coefficient (Wildman–Crippen LogP) is 1.49. The van der Waals surface area contributed by atoms with Crippen molar-refractivity contribution >= 4 is 5.91 Å². The van der Waals surface area contributed by atoms with E-state index in [1.165, 1.54) is 0 Å². The Hall–Kier alpha value is -2.18. The highest BCUT2D eigenvalue weighted by Crippen LogP contribution is 2.21. The molecule has 1 saturated heterocycles. The number of hydrogen-bond donors (Lipinski definition) is 1. The van der Waals surface area contributed by atoms with Crippen LogP contribution in [0, 0.1) is 0 Å². The second-order valence-electron chi connectivity index (χ2n) is 5.76. The highest BCUT2D eigenvalue weighted by Gasteiger charge is 2.29. The summed E-state index contributed by atoms with van der Waals surface area (Å²) in [6, 6.07) is 11.4. The molecule has 1 amide bonds. The quantitative estimate of drug-likeness (QED) is 0.925. The molecule has 6 nitrogen and oxygen atoms in total. The summed E-state index contributed by atoms with van der Waals surface area (Å²) in [6.07, 6.45) is -0.133. The molecule has 6 heteroatoms. The van der Waals surface area contributed by atoms with Crippen molar-refractivity contribution in [1.29, 1.82) is 0 Å². The van der Waals surface area contributed by atoms with Crippen LogP contribution in [0.2, 0.25) is 0 Å². The van der Waals surface area contributed by atoms with Gasteiger partial charge in [0.2, 0.25) is 5.91 Å². The van der Waals surface area contributed by atoms with Gasteiger partial charge in [-0.05, 0) is 6.92 Å². The van der Waals surface area contributed by atoms with E-state index in [2.05, 4.69) is 5.16 Å². The van der Waals surface area contributed by atoms with Gasteiger partial charge in [-0.3, -0.25) is 4.79 Å². The number of aliphatic hydroxyl groups excluding tert-OH is 1. The van der Waals surface area contributed by atoms with Crippen molar-refractivity contribution in [2.75, 3.05) is 19.8 Å². The second kappa shape index (κ2) is 6.93. The van der Waals surface area contributed by atoms with Crippen LogP contribution in [-0.4, -0.2) is 53.0 Å². The van der Waals surface area contributed by atoms with Crippen LogP contribution in [-0.2, 0) is 16.0 Å². The van der Waals surface area contributed by atoms with Gasteiger partial charge in [-0.2, -0.15) is 0 Å². The van der Waals surface area contributed by atoms with Crippen LogP contribution in [0.3, 0.4) is 0 Å². The SMILES string of the molecule is CC1COC(CO)CN1C(=O)Cc1cc(-c2ccccc2)on1. The van der Waals surface area contributed by atoms with Crippen molar-refractivity contribution in [3.8, 4) is 11.3 Å². The van der Waals surface area contributed by atoms with Crippen LogP contribution in [0.5, 0.6) is 0 Å². The number of carbonyl (C=O) groups is 1. The summed E-state index contributed by atoms with van der Waals surface area (Å²) in [5, 5.41) is 13.2. The molecule has 1 aromatic carbocycles. The molecule has 1 aromatic heterocycles. The molecule has 0 saturated carbocycles. The van der Waals surface area contributed by atoms with Gasteiger partial charge >= 0.3 is 0 Å². The maximum Gasteiger partial charge on any atom is 0.229 e. The summed E-state index contributed by atoms with van der Waals surface area (Å²) in [7, 11) is 0. The molecule has 1 N–H and O–H groups in total. The van der Waals surface area contributed by atoms with E-state index in [-0.39, 0.29) is 31.1 Å². The minimum atomic E-state index is -0.313. The molecule has 2 unspecified atom stereocenters. The van der Waals surface area contributed by atoms with Crippen LogP contribution < -0.4 is 0 Å². The van der Waals surface area contributed by atoms with Gasteiger partial charge in [0.25, 0.3) is 0 Å².